The van der Waals surface area contributed by atoms with Crippen LogP contribution < -0.4 is 10.1 Å². The molecule has 0 heterocycles. The van der Waals surface area contributed by atoms with Gasteiger partial charge < -0.3 is 5.11 Å². The quantitative estimate of drug-likeness (QED) is 0.350. The van der Waals surface area contributed by atoms with Crippen molar-refractivity contribution in [2.24, 2.45) is 5.10 Å². The number of carbonyl (C=O) groups is 1. The highest BCUT2D eigenvalue weighted by Crippen LogP contribution is 2.21. The van der Waals surface area contributed by atoms with Gasteiger partial charge in [-0.1, -0.05) is 18.2 Å². The van der Waals surface area contributed by atoms with Crippen molar-refractivity contribution in [3.05, 3.63) is 42.0 Å². The number of rotatable bonds is 8. The molecule has 0 spiro atoms. The van der Waals surface area contributed by atoms with Crippen LogP contribution in [0.1, 0.15) is 11.1 Å². The minimum atomic E-state index is -3.67. The van der Waals surface area contributed by atoms with Crippen LogP contribution >= 0.6 is 0 Å². The van der Waals surface area contributed by atoms with E-state index in [-0.39, 0.29) is 5.75 Å². The van der Waals surface area contributed by atoms with Gasteiger partial charge in [0.1, 0.15) is 5.75 Å². The number of nitrogens with one attached hydrogen (secondary N) is 2. The average Bonchev–Trinajstić information content (AvgIpc) is 2.49. The summed E-state index contributed by atoms with van der Waals surface area (Å²) >= 11 is 0. The maximum atomic E-state index is 11.5. The Hall–Kier alpha value is -2.23. The summed E-state index contributed by atoms with van der Waals surface area (Å²) in [5, 5.41) is 13.7. The van der Waals surface area contributed by atoms with Crippen molar-refractivity contribution in [1.82, 2.24) is 14.5 Å². The molecule has 0 aliphatic rings. The maximum Gasteiger partial charge on any atom is 0.279 e. The van der Waals surface area contributed by atoms with Gasteiger partial charge in [-0.3, -0.25) is 4.79 Å². The normalized spacial score (nSPS) is 11.8. The molecule has 8 nitrogen and oxygen atoms in total. The molecule has 0 aliphatic heterocycles. The summed E-state index contributed by atoms with van der Waals surface area (Å²) in [6.45, 7) is 3.16. The van der Waals surface area contributed by atoms with Crippen LogP contribution in [0.3, 0.4) is 0 Å². The number of amides is 1. The Morgan fingerprint density at radius 2 is 2.13 bits per heavy atom. The molecule has 126 valence electrons. The Balaban J connectivity index is 2.61. The highest BCUT2D eigenvalue weighted by Gasteiger charge is 2.14. The first-order valence-corrected chi connectivity index (χ1v) is 8.12. The first-order chi connectivity index (χ1) is 10.8. The molecule has 3 N–H and O–H groups in total. The van der Waals surface area contributed by atoms with Crippen LogP contribution in [0.25, 0.3) is 0 Å². The van der Waals surface area contributed by atoms with Gasteiger partial charge in [-0.15, -0.1) is 6.58 Å². The molecule has 0 radical (unpaired) electrons. The second kappa shape index (κ2) is 8.42. The molecule has 0 saturated heterocycles. The number of benzene rings is 1. The molecule has 0 fully saturated rings. The standard InChI is InChI=1S/C14H20N4O4S/c1-4-6-11-7-5-8-12(14(11)20)9-15-17-13(19)10-16-23(21,22)18(2)3/h4-5,7-9,16,20H,1,6,10H2,2-3H3,(H,17,19)/b15-9+. The highest BCUT2D eigenvalue weighted by atomic mass is 32.2. The number of allylic oxidation sites excluding steroid dienone is 1. The van der Waals surface area contributed by atoms with E-state index in [1.54, 1.807) is 24.3 Å². The second-order valence-corrected chi connectivity index (χ2v) is 6.72. The van der Waals surface area contributed by atoms with Crippen molar-refractivity contribution in [2.45, 2.75) is 6.42 Å². The van der Waals surface area contributed by atoms with E-state index in [4.69, 9.17) is 0 Å². The molecule has 1 aromatic rings. The zero-order chi connectivity index (χ0) is 17.5. The lowest BCUT2D eigenvalue weighted by Crippen LogP contribution is -2.41. The van der Waals surface area contributed by atoms with E-state index in [9.17, 15) is 18.3 Å². The molecule has 1 rings (SSSR count). The van der Waals surface area contributed by atoms with Crippen molar-refractivity contribution in [1.29, 1.82) is 0 Å². The zero-order valence-corrected chi connectivity index (χ0v) is 13.8. The van der Waals surface area contributed by atoms with E-state index in [1.165, 1.54) is 20.3 Å². The Labute approximate surface area is 135 Å². The Kier molecular flexibility index (Phi) is 6.89. The molecule has 1 amide bonds. The lowest BCUT2D eigenvalue weighted by Gasteiger charge is -2.11. The van der Waals surface area contributed by atoms with E-state index < -0.39 is 22.7 Å². The average molecular weight is 340 g/mol. The predicted octanol–water partition coefficient (Wildman–Crippen LogP) is -0.0332. The molecule has 0 unspecified atom stereocenters. The van der Waals surface area contributed by atoms with Crippen LogP contribution in [0, 0.1) is 0 Å². The zero-order valence-electron chi connectivity index (χ0n) is 13.0. The van der Waals surface area contributed by atoms with E-state index in [0.29, 0.717) is 17.5 Å². The van der Waals surface area contributed by atoms with E-state index in [0.717, 1.165) is 4.31 Å². The van der Waals surface area contributed by atoms with E-state index >= 15 is 0 Å². The third-order valence-electron chi connectivity index (χ3n) is 2.80. The molecule has 9 heteroatoms. The van der Waals surface area contributed by atoms with Crippen molar-refractivity contribution in [3.8, 4) is 5.75 Å². The van der Waals surface area contributed by atoms with E-state index in [2.05, 4.69) is 21.8 Å². The van der Waals surface area contributed by atoms with Gasteiger partial charge >= 0.3 is 0 Å². The first kappa shape index (κ1) is 18.8. The van der Waals surface area contributed by atoms with Crippen LogP contribution in [-0.4, -0.2) is 50.6 Å². The maximum absolute atomic E-state index is 11.5. The largest absolute Gasteiger partial charge is 0.507 e. The summed E-state index contributed by atoms with van der Waals surface area (Å²) in [5.41, 5.74) is 3.29. The highest BCUT2D eigenvalue weighted by molar-refractivity contribution is 7.87. The van der Waals surface area contributed by atoms with Crippen molar-refractivity contribution < 1.29 is 18.3 Å². The topological polar surface area (TPSA) is 111 Å². The van der Waals surface area contributed by atoms with Crippen LogP contribution in [0.2, 0.25) is 0 Å². The minimum Gasteiger partial charge on any atom is -0.507 e. The molecule has 0 saturated carbocycles. The molecule has 23 heavy (non-hydrogen) atoms. The Bertz CT molecular complexity index is 699. The first-order valence-electron chi connectivity index (χ1n) is 6.68. The van der Waals surface area contributed by atoms with Crippen LogP contribution in [0.5, 0.6) is 5.75 Å². The molecule has 0 atom stereocenters. The van der Waals surface area contributed by atoms with Gasteiger partial charge in [0.05, 0.1) is 12.8 Å². The fraction of sp³-hybridized carbons (Fsp3) is 0.286. The van der Waals surface area contributed by atoms with Gasteiger partial charge in [-0.05, 0) is 18.1 Å². The van der Waals surface area contributed by atoms with Crippen LogP contribution in [0.15, 0.2) is 36.0 Å². The number of nitrogens with zero attached hydrogens (tertiary/aromatic N) is 2. The number of hydrazone groups is 1. The predicted molar refractivity (Wildman–Crippen MR) is 88.4 cm³/mol. The van der Waals surface area contributed by atoms with Gasteiger partial charge in [-0.25, -0.2) is 5.43 Å². The Morgan fingerprint density at radius 3 is 2.74 bits per heavy atom. The summed E-state index contributed by atoms with van der Waals surface area (Å²) < 4.78 is 25.9. The molecular formula is C14H20N4O4S. The summed E-state index contributed by atoms with van der Waals surface area (Å²) in [7, 11) is -0.979. The van der Waals surface area contributed by atoms with Gasteiger partial charge in [0.25, 0.3) is 16.1 Å². The lowest BCUT2D eigenvalue weighted by molar-refractivity contribution is -0.119. The second-order valence-electron chi connectivity index (χ2n) is 4.75. The lowest BCUT2D eigenvalue weighted by atomic mass is 10.1. The number of phenols is 1. The minimum absolute atomic E-state index is 0.0544. The van der Waals surface area contributed by atoms with E-state index in [1.807, 2.05) is 0 Å². The summed E-state index contributed by atoms with van der Waals surface area (Å²) in [6.07, 6.45) is 3.45. The van der Waals surface area contributed by atoms with Crippen molar-refractivity contribution in [2.75, 3.05) is 20.6 Å². The Morgan fingerprint density at radius 1 is 1.43 bits per heavy atom. The van der Waals surface area contributed by atoms with Gasteiger partial charge in [0.2, 0.25) is 0 Å². The molecule has 1 aromatic carbocycles. The van der Waals surface area contributed by atoms with Gasteiger partial charge in [-0.2, -0.15) is 22.5 Å². The fourth-order valence-corrected chi connectivity index (χ4v) is 2.11. The molecule has 0 aromatic heterocycles. The van der Waals surface area contributed by atoms with Crippen molar-refractivity contribution >= 4 is 22.3 Å². The third kappa shape index (κ3) is 5.81. The van der Waals surface area contributed by atoms with Crippen LogP contribution in [0.4, 0.5) is 0 Å². The molecular weight excluding hydrogens is 320 g/mol. The number of hydrogen-bond donors (Lipinski definition) is 3. The van der Waals surface area contributed by atoms with Crippen molar-refractivity contribution in [3.63, 3.8) is 0 Å². The molecule has 0 aliphatic carbocycles. The SMILES string of the molecule is C=CCc1cccc(/C=N/NC(=O)CNS(=O)(=O)N(C)C)c1O. The number of aromatic hydroxyl groups is 1. The summed E-state index contributed by atoms with van der Waals surface area (Å²) in [6, 6.07) is 5.13. The smallest absolute Gasteiger partial charge is 0.279 e. The number of para-hydroxylation sites is 1. The summed E-state index contributed by atoms with van der Waals surface area (Å²) in [4.78, 5) is 11.5. The van der Waals surface area contributed by atoms with Gasteiger partial charge in [0, 0.05) is 19.7 Å². The molecule has 0 bridgehead atoms. The fourth-order valence-electron chi connectivity index (χ4n) is 1.53. The number of hydrogen-bond acceptors (Lipinski definition) is 5. The monoisotopic (exact) mass is 340 g/mol. The van der Waals surface area contributed by atoms with Crippen LogP contribution in [-0.2, 0) is 21.4 Å². The third-order valence-corrected chi connectivity index (χ3v) is 4.27. The van der Waals surface area contributed by atoms with Gasteiger partial charge in [0.15, 0.2) is 0 Å². The summed E-state index contributed by atoms with van der Waals surface area (Å²) in [5.74, 6) is -0.577. The number of phenolic OH excluding ortho intramolecular Hbond substituents is 1. The number of carbonyl (C=O) groups excluding carboxylic acids is 1.